The van der Waals surface area contributed by atoms with Crippen LogP contribution in [0.4, 0.5) is 0 Å². The number of rotatable bonds is 4. The lowest BCUT2D eigenvalue weighted by Gasteiger charge is -2.18. The third kappa shape index (κ3) is 2.83. The van der Waals surface area contributed by atoms with Crippen molar-refractivity contribution in [3.05, 3.63) is 34.9 Å². The maximum absolute atomic E-state index is 3.70. The largest absolute Gasteiger partial charge is 0.313 e. The highest BCUT2D eigenvalue weighted by atomic mass is 35.5. The van der Waals surface area contributed by atoms with Crippen molar-refractivity contribution in [3.63, 3.8) is 0 Å². The minimum absolute atomic E-state index is 0. The summed E-state index contributed by atoms with van der Waals surface area (Å²) in [5.74, 6) is 0. The van der Waals surface area contributed by atoms with Gasteiger partial charge in [0, 0.05) is 18.0 Å². The molecule has 1 nitrogen and oxygen atoms in total. The van der Waals surface area contributed by atoms with Crippen LogP contribution in [0.1, 0.15) is 42.4 Å². The van der Waals surface area contributed by atoms with Gasteiger partial charge in [-0.2, -0.15) is 0 Å². The van der Waals surface area contributed by atoms with Crippen molar-refractivity contribution in [2.45, 2.75) is 51.0 Å². The van der Waals surface area contributed by atoms with E-state index < -0.39 is 0 Å². The molecule has 0 amide bonds. The van der Waals surface area contributed by atoms with E-state index in [0.717, 1.165) is 6.04 Å². The van der Waals surface area contributed by atoms with Crippen molar-refractivity contribution in [2.24, 2.45) is 0 Å². The highest BCUT2D eigenvalue weighted by Gasteiger charge is 2.44. The molecule has 2 heteroatoms. The molecule has 17 heavy (non-hydrogen) atoms. The Morgan fingerprint density at radius 3 is 2.18 bits per heavy atom. The SMILES string of the molecule is Cc1cc(C)cc(C2(CNC3CC3)CC2)c1.Cl. The minimum atomic E-state index is 0. The van der Waals surface area contributed by atoms with Crippen LogP contribution >= 0.6 is 12.4 Å². The van der Waals surface area contributed by atoms with E-state index in [4.69, 9.17) is 0 Å². The Bertz CT molecular complexity index is 385. The minimum Gasteiger partial charge on any atom is -0.313 e. The Balaban J connectivity index is 0.00000108. The average Bonchev–Trinajstić information content (AvgIpc) is 3.11. The molecular weight excluding hydrogens is 230 g/mol. The van der Waals surface area contributed by atoms with E-state index >= 15 is 0 Å². The number of benzene rings is 1. The molecule has 0 aliphatic heterocycles. The Morgan fingerprint density at radius 2 is 1.71 bits per heavy atom. The van der Waals surface area contributed by atoms with Gasteiger partial charge in [-0.25, -0.2) is 0 Å². The summed E-state index contributed by atoms with van der Waals surface area (Å²) >= 11 is 0. The molecule has 0 spiro atoms. The van der Waals surface area contributed by atoms with Crippen LogP contribution in [0.3, 0.4) is 0 Å². The lowest BCUT2D eigenvalue weighted by Crippen LogP contribution is -2.28. The fraction of sp³-hybridized carbons (Fsp3) is 0.600. The van der Waals surface area contributed by atoms with Gasteiger partial charge in [0.2, 0.25) is 0 Å². The first-order valence-electron chi connectivity index (χ1n) is 6.50. The van der Waals surface area contributed by atoms with E-state index in [2.05, 4.69) is 37.4 Å². The number of halogens is 1. The van der Waals surface area contributed by atoms with E-state index in [1.807, 2.05) is 0 Å². The normalized spacial score (nSPS) is 20.8. The van der Waals surface area contributed by atoms with Crippen molar-refractivity contribution in [1.29, 1.82) is 0 Å². The second-order valence-electron chi connectivity index (χ2n) is 5.81. The van der Waals surface area contributed by atoms with Gasteiger partial charge in [-0.3, -0.25) is 0 Å². The third-order valence-corrected chi connectivity index (χ3v) is 3.99. The molecule has 3 rings (SSSR count). The molecule has 0 radical (unpaired) electrons. The van der Waals surface area contributed by atoms with Crippen molar-refractivity contribution in [2.75, 3.05) is 6.54 Å². The zero-order valence-electron chi connectivity index (χ0n) is 10.8. The van der Waals surface area contributed by atoms with Gasteiger partial charge in [0.15, 0.2) is 0 Å². The summed E-state index contributed by atoms with van der Waals surface area (Å²) in [6.45, 7) is 5.61. The van der Waals surface area contributed by atoms with Gasteiger partial charge in [0.1, 0.15) is 0 Å². The molecule has 2 aliphatic carbocycles. The standard InChI is InChI=1S/C15H21N.ClH/c1-11-7-12(2)9-13(8-11)15(5-6-15)10-16-14-3-4-14;/h7-9,14,16H,3-6,10H2,1-2H3;1H. The molecular formula is C15H22ClN. The molecule has 1 aromatic rings. The van der Waals surface area contributed by atoms with E-state index in [1.54, 1.807) is 5.56 Å². The van der Waals surface area contributed by atoms with Crippen LogP contribution in [0.5, 0.6) is 0 Å². The van der Waals surface area contributed by atoms with Gasteiger partial charge < -0.3 is 5.32 Å². The summed E-state index contributed by atoms with van der Waals surface area (Å²) in [6, 6.07) is 7.88. The molecule has 94 valence electrons. The molecule has 1 N–H and O–H groups in total. The summed E-state index contributed by atoms with van der Waals surface area (Å²) in [7, 11) is 0. The van der Waals surface area contributed by atoms with Crippen LogP contribution < -0.4 is 5.32 Å². The fourth-order valence-corrected chi connectivity index (χ4v) is 2.63. The van der Waals surface area contributed by atoms with Gasteiger partial charge in [0.05, 0.1) is 0 Å². The zero-order valence-corrected chi connectivity index (χ0v) is 11.6. The topological polar surface area (TPSA) is 12.0 Å². The van der Waals surface area contributed by atoms with Gasteiger partial charge >= 0.3 is 0 Å². The van der Waals surface area contributed by atoms with Gasteiger partial charge in [-0.1, -0.05) is 29.3 Å². The lowest BCUT2D eigenvalue weighted by atomic mass is 9.93. The maximum Gasteiger partial charge on any atom is 0.00787 e. The first-order valence-corrected chi connectivity index (χ1v) is 6.50. The third-order valence-electron chi connectivity index (χ3n) is 3.99. The number of aryl methyl sites for hydroxylation is 2. The first-order chi connectivity index (χ1) is 7.68. The smallest absolute Gasteiger partial charge is 0.00787 e. The average molecular weight is 252 g/mol. The van der Waals surface area contributed by atoms with Gasteiger partial charge in [-0.05, 0) is 45.1 Å². The molecule has 1 aromatic carbocycles. The predicted octanol–water partition coefficient (Wildman–Crippen LogP) is 3.51. The van der Waals surface area contributed by atoms with Crippen molar-refractivity contribution in [1.82, 2.24) is 5.32 Å². The lowest BCUT2D eigenvalue weighted by molar-refractivity contribution is 0.571. The Hall–Kier alpha value is -0.530. The molecule has 0 atom stereocenters. The first kappa shape index (κ1) is 12.9. The Morgan fingerprint density at radius 1 is 1.12 bits per heavy atom. The molecule has 2 saturated carbocycles. The summed E-state index contributed by atoms with van der Waals surface area (Å²) in [4.78, 5) is 0. The summed E-state index contributed by atoms with van der Waals surface area (Å²) in [5.41, 5.74) is 4.87. The Labute approximate surface area is 110 Å². The van der Waals surface area contributed by atoms with Gasteiger partial charge in [0.25, 0.3) is 0 Å². The predicted molar refractivity (Wildman–Crippen MR) is 75.1 cm³/mol. The summed E-state index contributed by atoms with van der Waals surface area (Å²) in [6.07, 6.45) is 5.52. The van der Waals surface area contributed by atoms with Crippen molar-refractivity contribution < 1.29 is 0 Å². The van der Waals surface area contributed by atoms with Crippen LogP contribution in [0, 0.1) is 13.8 Å². The van der Waals surface area contributed by atoms with E-state index in [1.165, 1.54) is 43.4 Å². The second kappa shape index (κ2) is 4.62. The molecule has 0 saturated heterocycles. The molecule has 0 heterocycles. The highest BCUT2D eigenvalue weighted by molar-refractivity contribution is 5.85. The molecule has 2 fully saturated rings. The fourth-order valence-electron chi connectivity index (χ4n) is 2.63. The van der Waals surface area contributed by atoms with Crippen molar-refractivity contribution >= 4 is 12.4 Å². The van der Waals surface area contributed by atoms with Crippen LogP contribution in [-0.2, 0) is 5.41 Å². The number of nitrogens with one attached hydrogen (secondary N) is 1. The van der Waals surface area contributed by atoms with Crippen LogP contribution in [0.25, 0.3) is 0 Å². The summed E-state index contributed by atoms with van der Waals surface area (Å²) in [5, 5.41) is 3.70. The summed E-state index contributed by atoms with van der Waals surface area (Å²) < 4.78 is 0. The van der Waals surface area contributed by atoms with Crippen LogP contribution in [0.2, 0.25) is 0 Å². The van der Waals surface area contributed by atoms with Gasteiger partial charge in [-0.15, -0.1) is 12.4 Å². The quantitative estimate of drug-likeness (QED) is 0.864. The van der Waals surface area contributed by atoms with E-state index in [9.17, 15) is 0 Å². The van der Waals surface area contributed by atoms with Crippen molar-refractivity contribution in [3.8, 4) is 0 Å². The Kier molecular flexibility index (Phi) is 3.51. The maximum atomic E-state index is 3.70. The molecule has 2 aliphatic rings. The highest BCUT2D eigenvalue weighted by Crippen LogP contribution is 2.48. The number of hydrogen-bond acceptors (Lipinski definition) is 1. The number of hydrogen-bond donors (Lipinski definition) is 1. The molecule has 0 bridgehead atoms. The molecule has 0 unspecified atom stereocenters. The molecule has 0 aromatic heterocycles. The van der Waals surface area contributed by atoms with E-state index in [-0.39, 0.29) is 12.4 Å². The van der Waals surface area contributed by atoms with E-state index in [0.29, 0.717) is 5.41 Å². The zero-order chi connectivity index (χ0) is 11.2. The monoisotopic (exact) mass is 251 g/mol. The second-order valence-corrected chi connectivity index (χ2v) is 5.81. The van der Waals surface area contributed by atoms with Crippen LogP contribution in [0.15, 0.2) is 18.2 Å². The van der Waals surface area contributed by atoms with Crippen LogP contribution in [-0.4, -0.2) is 12.6 Å².